The fourth-order valence-electron chi connectivity index (χ4n) is 5.23. The molecule has 164 valence electrons. The monoisotopic (exact) mass is 414 g/mol. The first-order chi connectivity index (χ1) is 14.9. The molecule has 3 rings (SSSR count). The Morgan fingerprint density at radius 1 is 0.613 bits per heavy atom. The topological polar surface area (TPSA) is 25.3 Å². The molecule has 2 heteroatoms. The summed E-state index contributed by atoms with van der Waals surface area (Å²) in [7, 11) is 0. The SMILES string of the molecule is CCc1cc(C2=CC(C)=C(c3cc(CC)c(CC)c(CC)c3)[N+]2=[N-])cc(CC)c1CC. The molecule has 0 aromatic heterocycles. The molecule has 31 heavy (non-hydrogen) atoms. The normalized spacial score (nSPS) is 13.9. The van der Waals surface area contributed by atoms with E-state index in [-0.39, 0.29) is 0 Å². The molecule has 2 aromatic carbocycles. The van der Waals surface area contributed by atoms with Crippen molar-refractivity contribution in [1.82, 2.24) is 0 Å². The third-order valence-electron chi connectivity index (χ3n) is 6.84. The molecule has 1 heterocycles. The molecule has 1 aliphatic heterocycles. The standard InChI is InChI=1S/C29H38N2/c1-8-20-15-24(16-21(9-2)26(20)12-5)28-14-19(7)29(31(28)30)25-17-22(10-3)27(13-6)23(11-4)18-25/h14-18H,8-13H2,1-7H3. The van der Waals surface area contributed by atoms with E-state index < -0.39 is 0 Å². The lowest BCUT2D eigenvalue weighted by molar-refractivity contribution is -0.344. The number of nitrogens with zero attached hydrogens (tertiary/aromatic N) is 2. The fraction of sp³-hybridized carbons (Fsp3) is 0.448. The Morgan fingerprint density at radius 3 is 1.35 bits per heavy atom. The molecule has 0 radical (unpaired) electrons. The Balaban J connectivity index is 2.08. The van der Waals surface area contributed by atoms with E-state index in [1.165, 1.54) is 38.1 Å². The van der Waals surface area contributed by atoms with Crippen molar-refractivity contribution in [3.63, 3.8) is 0 Å². The van der Waals surface area contributed by atoms with E-state index in [1.807, 2.05) is 0 Å². The van der Waals surface area contributed by atoms with Gasteiger partial charge in [0.2, 0.25) is 11.4 Å². The van der Waals surface area contributed by atoms with E-state index in [0.717, 1.165) is 66.6 Å². The van der Waals surface area contributed by atoms with Crippen molar-refractivity contribution < 1.29 is 4.70 Å². The number of allylic oxidation sites excluding steroid dienone is 2. The third kappa shape index (κ3) is 4.18. The zero-order chi connectivity index (χ0) is 22.7. The summed E-state index contributed by atoms with van der Waals surface area (Å²) in [6.45, 7) is 15.5. The van der Waals surface area contributed by atoms with Crippen LogP contribution in [0.4, 0.5) is 0 Å². The van der Waals surface area contributed by atoms with Crippen LogP contribution in [-0.2, 0) is 38.5 Å². The van der Waals surface area contributed by atoms with Crippen LogP contribution in [0.1, 0.15) is 93.0 Å². The molecule has 0 spiro atoms. The van der Waals surface area contributed by atoms with Crippen molar-refractivity contribution in [3.8, 4) is 0 Å². The van der Waals surface area contributed by atoms with Crippen LogP contribution >= 0.6 is 0 Å². The minimum atomic E-state index is 0.884. The second-order valence-corrected chi connectivity index (χ2v) is 8.54. The fourth-order valence-corrected chi connectivity index (χ4v) is 5.23. The van der Waals surface area contributed by atoms with Crippen LogP contribution < -0.4 is 0 Å². The van der Waals surface area contributed by atoms with Gasteiger partial charge in [-0.3, -0.25) is 0 Å². The van der Waals surface area contributed by atoms with Gasteiger partial charge in [-0.1, -0.05) is 41.5 Å². The van der Waals surface area contributed by atoms with Gasteiger partial charge < -0.3 is 5.53 Å². The van der Waals surface area contributed by atoms with Crippen molar-refractivity contribution in [2.75, 3.05) is 0 Å². The van der Waals surface area contributed by atoms with Gasteiger partial charge in [0.1, 0.15) is 0 Å². The second kappa shape index (κ2) is 9.77. The Kier molecular flexibility index (Phi) is 7.30. The first-order valence-electron chi connectivity index (χ1n) is 12.1. The van der Waals surface area contributed by atoms with Crippen LogP contribution in [0.2, 0.25) is 0 Å². The molecule has 0 saturated heterocycles. The summed E-state index contributed by atoms with van der Waals surface area (Å²) in [5.74, 6) is 0. The highest BCUT2D eigenvalue weighted by molar-refractivity contribution is 5.79. The Hall–Kier alpha value is -2.48. The van der Waals surface area contributed by atoms with Gasteiger partial charge in [0.25, 0.3) is 0 Å². The summed E-state index contributed by atoms with van der Waals surface area (Å²) in [5, 5.41) is 0. The number of hydrogen-bond acceptors (Lipinski definition) is 0. The van der Waals surface area contributed by atoms with Crippen LogP contribution in [-0.4, -0.2) is 4.70 Å². The van der Waals surface area contributed by atoms with Gasteiger partial charge in [-0.05, 0) is 103 Å². The average molecular weight is 415 g/mol. The largest absolute Gasteiger partial charge is 0.493 e. The molecule has 1 aliphatic rings. The van der Waals surface area contributed by atoms with E-state index in [2.05, 4.69) is 78.8 Å². The Labute approximate surface area is 189 Å². The smallest absolute Gasteiger partial charge is 0.210 e. The summed E-state index contributed by atoms with van der Waals surface area (Å²) in [4.78, 5) is 0. The number of hydrogen-bond donors (Lipinski definition) is 0. The van der Waals surface area contributed by atoms with Crippen LogP contribution in [0, 0.1) is 0 Å². The van der Waals surface area contributed by atoms with Crippen LogP contribution in [0.5, 0.6) is 0 Å². The predicted molar refractivity (Wildman–Crippen MR) is 133 cm³/mol. The molecule has 0 saturated carbocycles. The summed E-state index contributed by atoms with van der Waals surface area (Å²) in [5.41, 5.74) is 25.0. The maximum atomic E-state index is 11.3. The van der Waals surface area contributed by atoms with E-state index in [4.69, 9.17) is 0 Å². The second-order valence-electron chi connectivity index (χ2n) is 8.54. The first kappa shape index (κ1) is 23.2. The maximum absolute atomic E-state index is 11.3. The molecule has 2 aromatic rings. The lowest BCUT2D eigenvalue weighted by atomic mass is 9.91. The summed E-state index contributed by atoms with van der Waals surface area (Å²) >= 11 is 0. The van der Waals surface area contributed by atoms with Gasteiger partial charge in [-0.25, -0.2) is 4.70 Å². The highest BCUT2D eigenvalue weighted by atomic mass is 15.2. The van der Waals surface area contributed by atoms with Gasteiger partial charge in [-0.2, -0.15) is 0 Å². The summed E-state index contributed by atoms with van der Waals surface area (Å²) < 4.78 is 1.43. The van der Waals surface area contributed by atoms with E-state index in [1.54, 1.807) is 0 Å². The molecule has 2 nitrogen and oxygen atoms in total. The molecular weight excluding hydrogens is 376 g/mol. The Morgan fingerprint density at radius 2 is 1.00 bits per heavy atom. The molecular formula is C29H38N2. The minimum Gasteiger partial charge on any atom is -0.493 e. The van der Waals surface area contributed by atoms with Crippen molar-refractivity contribution in [3.05, 3.63) is 86.0 Å². The highest BCUT2D eigenvalue weighted by Gasteiger charge is 2.28. The van der Waals surface area contributed by atoms with E-state index >= 15 is 0 Å². The predicted octanol–water partition coefficient (Wildman–Crippen LogP) is 7.88. The third-order valence-corrected chi connectivity index (χ3v) is 6.84. The van der Waals surface area contributed by atoms with Crippen molar-refractivity contribution >= 4 is 11.4 Å². The first-order valence-corrected chi connectivity index (χ1v) is 12.1. The van der Waals surface area contributed by atoms with Gasteiger partial charge in [0, 0.05) is 22.8 Å². The zero-order valence-electron chi connectivity index (χ0n) is 20.5. The van der Waals surface area contributed by atoms with Crippen molar-refractivity contribution in [2.45, 2.75) is 87.0 Å². The van der Waals surface area contributed by atoms with E-state index in [9.17, 15) is 5.53 Å². The lowest BCUT2D eigenvalue weighted by Gasteiger charge is -2.17. The van der Waals surface area contributed by atoms with Crippen molar-refractivity contribution in [2.24, 2.45) is 0 Å². The minimum absolute atomic E-state index is 0.884. The van der Waals surface area contributed by atoms with Crippen molar-refractivity contribution in [1.29, 1.82) is 0 Å². The highest BCUT2D eigenvalue weighted by Crippen LogP contribution is 2.37. The quantitative estimate of drug-likeness (QED) is 0.393. The number of benzene rings is 2. The number of aryl methyl sites for hydroxylation is 4. The van der Waals surface area contributed by atoms with Crippen LogP contribution in [0.3, 0.4) is 0 Å². The van der Waals surface area contributed by atoms with Gasteiger partial charge in [0.05, 0.1) is 0 Å². The molecule has 0 fully saturated rings. The number of rotatable bonds is 8. The molecule has 0 amide bonds. The van der Waals surface area contributed by atoms with Gasteiger partial charge >= 0.3 is 0 Å². The zero-order valence-corrected chi connectivity index (χ0v) is 20.5. The van der Waals surface area contributed by atoms with Crippen LogP contribution in [0.25, 0.3) is 16.9 Å². The molecule has 0 atom stereocenters. The van der Waals surface area contributed by atoms with E-state index in [0.29, 0.717) is 0 Å². The molecule has 0 bridgehead atoms. The molecule has 0 aliphatic carbocycles. The maximum Gasteiger partial charge on any atom is 0.210 e. The molecule has 0 unspecified atom stereocenters. The average Bonchev–Trinajstić information content (AvgIpc) is 3.10. The molecule has 0 N–H and O–H groups in total. The lowest BCUT2D eigenvalue weighted by Crippen LogP contribution is -2.07. The van der Waals surface area contributed by atoms with Gasteiger partial charge in [-0.15, -0.1) is 0 Å². The summed E-state index contributed by atoms with van der Waals surface area (Å²) in [6.07, 6.45) is 8.31. The summed E-state index contributed by atoms with van der Waals surface area (Å²) in [6, 6.07) is 9.12. The van der Waals surface area contributed by atoms with Gasteiger partial charge in [0.15, 0.2) is 0 Å². The van der Waals surface area contributed by atoms with Crippen LogP contribution in [0.15, 0.2) is 35.9 Å². The Bertz CT molecular complexity index is 1020.